The molecule has 0 aromatic heterocycles. The van der Waals surface area contributed by atoms with Crippen molar-refractivity contribution in [3.05, 3.63) is 12.2 Å². The maximum atomic E-state index is 13.0. The Morgan fingerprint density at radius 3 is 0.763 bits per heavy atom. The molecule has 0 radical (unpaired) electrons. The molecule has 0 rings (SSSR count). The third kappa shape index (κ3) is 81.2. The Kier molecular flexibility index (Phi) is 78.1. The van der Waals surface area contributed by atoms with Crippen LogP contribution >= 0.6 is 0 Å². The van der Waals surface area contributed by atoms with Crippen molar-refractivity contribution in [3.63, 3.8) is 0 Å². The summed E-state index contributed by atoms with van der Waals surface area (Å²) in [7, 11) is 5.96. The van der Waals surface area contributed by atoms with Gasteiger partial charge in [0.2, 0.25) is 0 Å². The lowest BCUT2D eigenvalue weighted by atomic mass is 10.0. The molecule has 9 heteroatoms. The van der Waals surface area contributed by atoms with Crippen molar-refractivity contribution >= 4 is 17.9 Å². The van der Waals surface area contributed by atoms with Crippen molar-refractivity contribution in [2.45, 2.75) is 489 Å². The Morgan fingerprint density at radius 2 is 0.526 bits per heavy atom. The number of carbonyl (C=O) groups is 3. The van der Waals surface area contributed by atoms with E-state index in [-0.39, 0.29) is 32.2 Å². The molecule has 0 saturated carbocycles. The van der Waals surface area contributed by atoms with Gasteiger partial charge in [-0.25, -0.2) is 0 Å². The molecule has 2 unspecified atom stereocenters. The number of ether oxygens (including phenoxy) is 4. The number of hydrogen-bond acceptors (Lipinski definition) is 8. The van der Waals surface area contributed by atoms with Crippen LogP contribution in [0.5, 0.6) is 0 Å². The van der Waals surface area contributed by atoms with Crippen LogP contribution in [0.1, 0.15) is 476 Å². The summed E-state index contributed by atoms with van der Waals surface area (Å²) in [5.41, 5.74) is 0. The van der Waals surface area contributed by atoms with Gasteiger partial charge in [-0.1, -0.05) is 437 Å². The first-order valence-electron chi connectivity index (χ1n) is 43.8. The third-order valence-electron chi connectivity index (χ3n) is 20.5. The van der Waals surface area contributed by atoms with Gasteiger partial charge in [0, 0.05) is 12.8 Å². The van der Waals surface area contributed by atoms with Crippen LogP contribution in [0.3, 0.4) is 0 Å². The van der Waals surface area contributed by atoms with Gasteiger partial charge >= 0.3 is 11.9 Å². The van der Waals surface area contributed by atoms with E-state index in [1.54, 1.807) is 0 Å². The molecule has 0 saturated heterocycles. The van der Waals surface area contributed by atoms with E-state index in [0.29, 0.717) is 17.4 Å². The number of allylic oxidation sites excluding steroid dienone is 2. The Bertz CT molecular complexity index is 1600. The van der Waals surface area contributed by atoms with Crippen LogP contribution in [0.2, 0.25) is 0 Å². The standard InChI is InChI=1S/C88H171NO8/c1-6-8-10-12-14-16-18-20-22-24-26-28-30-32-34-36-38-39-40-41-42-43-44-45-46-47-49-50-52-54-56-58-60-62-64-66-68-70-72-74-76-78-85(90)95-82-84(83-96-88(87(92)93)94-81-80-89(3,4)5)97-86(91)79-77-75-73-71-69-67-65-63-61-59-57-55-53-51-48-37-35-33-31-29-27-25-23-21-19-17-15-13-11-9-7-2/h25,27,84,88H,6-24,26,28-83H2,1-5H3/b27-25-. The number of esters is 2. The number of aliphatic carboxylic acids is 1. The molecule has 0 N–H and O–H groups in total. The first-order valence-corrected chi connectivity index (χ1v) is 43.8. The topological polar surface area (TPSA) is 111 Å². The zero-order chi connectivity index (χ0) is 70.4. The fraction of sp³-hybridized carbons (Fsp3) is 0.943. The molecule has 0 heterocycles. The van der Waals surface area contributed by atoms with Gasteiger partial charge in [0.25, 0.3) is 0 Å². The predicted molar refractivity (Wildman–Crippen MR) is 417 cm³/mol. The van der Waals surface area contributed by atoms with E-state index < -0.39 is 24.3 Å². The first-order chi connectivity index (χ1) is 47.6. The zero-order valence-corrected chi connectivity index (χ0v) is 66.3. The molecule has 0 bridgehead atoms. The van der Waals surface area contributed by atoms with E-state index in [0.717, 1.165) is 38.5 Å². The van der Waals surface area contributed by atoms with Crippen LogP contribution in [0.25, 0.3) is 0 Å². The van der Waals surface area contributed by atoms with E-state index in [2.05, 4.69) is 26.0 Å². The molecule has 0 aliphatic heterocycles. The number of unbranched alkanes of at least 4 members (excludes halogenated alkanes) is 67. The van der Waals surface area contributed by atoms with Gasteiger partial charge < -0.3 is 33.3 Å². The van der Waals surface area contributed by atoms with E-state index in [1.165, 1.54) is 411 Å². The minimum atomic E-state index is -1.62. The molecule has 2 atom stereocenters. The van der Waals surface area contributed by atoms with Crippen LogP contribution in [0.15, 0.2) is 12.2 Å². The predicted octanol–water partition coefficient (Wildman–Crippen LogP) is 26.9. The number of carboxylic acid groups (broad SMARTS) is 1. The van der Waals surface area contributed by atoms with E-state index in [1.807, 2.05) is 21.1 Å². The second-order valence-electron chi connectivity index (χ2n) is 31.5. The van der Waals surface area contributed by atoms with Crippen LogP contribution in [-0.2, 0) is 33.3 Å². The summed E-state index contributed by atoms with van der Waals surface area (Å²) >= 11 is 0. The van der Waals surface area contributed by atoms with E-state index in [4.69, 9.17) is 18.9 Å². The maximum absolute atomic E-state index is 13.0. The highest BCUT2D eigenvalue weighted by molar-refractivity contribution is 5.70. The SMILES string of the molecule is CCCCCCCCCC/C=C\CCCCCCCCCCCCCCCCCCCCCC(=O)OC(COC(=O)CCCCCCCCCCCCCCCCCCCCCCCCCCCCCCCCCCCCCCCCCCC)COC(OCC[N+](C)(C)C)C(=O)[O-]. The van der Waals surface area contributed by atoms with Crippen molar-refractivity contribution in [1.29, 1.82) is 0 Å². The zero-order valence-electron chi connectivity index (χ0n) is 66.3. The van der Waals surface area contributed by atoms with Gasteiger partial charge in [-0.3, -0.25) is 9.59 Å². The van der Waals surface area contributed by atoms with Crippen molar-refractivity contribution in [2.75, 3.05) is 47.5 Å². The Balaban J connectivity index is 3.88. The number of rotatable bonds is 84. The molecule has 0 fully saturated rings. The number of likely N-dealkylation sites (N-methyl/N-ethyl adjacent to an activating group) is 1. The van der Waals surface area contributed by atoms with Crippen molar-refractivity contribution in [2.24, 2.45) is 0 Å². The van der Waals surface area contributed by atoms with Crippen LogP contribution in [0, 0.1) is 0 Å². The molecular weight excluding hydrogens is 1200 g/mol. The molecule has 576 valence electrons. The largest absolute Gasteiger partial charge is 0.545 e. The van der Waals surface area contributed by atoms with Gasteiger partial charge in [0.15, 0.2) is 12.4 Å². The monoisotopic (exact) mass is 1370 g/mol. The number of quaternary nitrogens is 1. The second-order valence-corrected chi connectivity index (χ2v) is 31.5. The summed E-state index contributed by atoms with van der Waals surface area (Å²) in [5, 5.41) is 11.9. The Morgan fingerprint density at radius 1 is 0.299 bits per heavy atom. The minimum absolute atomic E-state index is 0.153. The Labute approximate surface area is 606 Å². The maximum Gasteiger partial charge on any atom is 0.306 e. The summed E-state index contributed by atoms with van der Waals surface area (Å²) in [6, 6.07) is 0. The van der Waals surface area contributed by atoms with Gasteiger partial charge in [-0.2, -0.15) is 0 Å². The average molecular weight is 1370 g/mol. The quantitative estimate of drug-likeness (QED) is 0.0195. The number of nitrogens with zero attached hydrogens (tertiary/aromatic N) is 1. The molecule has 0 aliphatic carbocycles. The molecule has 0 aromatic carbocycles. The van der Waals surface area contributed by atoms with Crippen LogP contribution < -0.4 is 5.11 Å². The highest BCUT2D eigenvalue weighted by atomic mass is 16.7. The number of carboxylic acids is 1. The number of hydrogen-bond donors (Lipinski definition) is 0. The molecule has 97 heavy (non-hydrogen) atoms. The second kappa shape index (κ2) is 79.7. The van der Waals surface area contributed by atoms with Crippen LogP contribution in [0.4, 0.5) is 0 Å². The van der Waals surface area contributed by atoms with Gasteiger partial charge in [0.1, 0.15) is 13.2 Å². The van der Waals surface area contributed by atoms with E-state index in [9.17, 15) is 19.5 Å². The van der Waals surface area contributed by atoms with Crippen LogP contribution in [-0.4, -0.2) is 82.3 Å². The molecule has 9 nitrogen and oxygen atoms in total. The third-order valence-corrected chi connectivity index (χ3v) is 20.5. The summed E-state index contributed by atoms with van der Waals surface area (Å²) in [6.07, 6.45) is 98.2. The normalized spacial score (nSPS) is 12.5. The molecular formula is C88H171NO8. The molecule has 0 amide bonds. The van der Waals surface area contributed by atoms with Gasteiger partial charge in [-0.15, -0.1) is 0 Å². The molecule has 0 aromatic rings. The Hall–Kier alpha value is -1.97. The highest BCUT2D eigenvalue weighted by Gasteiger charge is 2.22. The first kappa shape index (κ1) is 95.0. The summed E-state index contributed by atoms with van der Waals surface area (Å²) in [5.74, 6) is -2.24. The van der Waals surface area contributed by atoms with Crippen molar-refractivity contribution in [1.82, 2.24) is 0 Å². The average Bonchev–Trinajstić information content (AvgIpc) is 2.39. The lowest BCUT2D eigenvalue weighted by Crippen LogP contribution is -2.44. The highest BCUT2D eigenvalue weighted by Crippen LogP contribution is 2.21. The summed E-state index contributed by atoms with van der Waals surface area (Å²) < 4.78 is 22.9. The van der Waals surface area contributed by atoms with Crippen molar-refractivity contribution in [3.8, 4) is 0 Å². The molecule has 0 aliphatic rings. The summed E-state index contributed by atoms with van der Waals surface area (Å²) in [4.78, 5) is 37.6. The lowest BCUT2D eigenvalue weighted by Gasteiger charge is -2.26. The van der Waals surface area contributed by atoms with Gasteiger partial charge in [-0.05, 0) is 38.5 Å². The fourth-order valence-corrected chi connectivity index (χ4v) is 13.8. The van der Waals surface area contributed by atoms with E-state index >= 15 is 0 Å². The summed E-state index contributed by atoms with van der Waals surface area (Å²) in [6.45, 7) is 4.85. The minimum Gasteiger partial charge on any atom is -0.545 e. The molecule has 0 spiro atoms. The number of carbonyl (C=O) groups excluding carboxylic acids is 3. The smallest absolute Gasteiger partial charge is 0.306 e. The fourth-order valence-electron chi connectivity index (χ4n) is 13.8. The lowest BCUT2D eigenvalue weighted by molar-refractivity contribution is -0.870. The van der Waals surface area contributed by atoms with Gasteiger partial charge in [0.05, 0.1) is 40.3 Å². The van der Waals surface area contributed by atoms with Crippen molar-refractivity contribution < 1.29 is 42.9 Å².